The van der Waals surface area contributed by atoms with Crippen LogP contribution in [0.2, 0.25) is 0 Å². The molecule has 1 heterocycles. The largest absolute Gasteiger partial charge is 0.393 e. The Balaban J connectivity index is 0.00000364. The van der Waals surface area contributed by atoms with Crippen LogP contribution in [-0.2, 0) is 0 Å². The molecule has 5 nitrogen and oxygen atoms in total. The van der Waals surface area contributed by atoms with Gasteiger partial charge in [0.05, 0.1) is 12.1 Å². The maximum atomic E-state index is 13.8. The van der Waals surface area contributed by atoms with Gasteiger partial charge in [0.25, 0.3) is 0 Å². The summed E-state index contributed by atoms with van der Waals surface area (Å²) < 4.78 is 13.8. The summed E-state index contributed by atoms with van der Waals surface area (Å²) in [6.45, 7) is 10.3. The molecular weight excluding hydrogens is 458 g/mol. The zero-order chi connectivity index (χ0) is 18.9. The third-order valence-corrected chi connectivity index (χ3v) is 4.85. The molecule has 0 saturated carbocycles. The lowest BCUT2D eigenvalue weighted by Gasteiger charge is -2.29. The molecule has 1 aliphatic rings. The van der Waals surface area contributed by atoms with Gasteiger partial charge in [-0.1, -0.05) is 12.1 Å². The quantitative estimate of drug-likeness (QED) is 0.237. The summed E-state index contributed by atoms with van der Waals surface area (Å²) in [4.78, 5) is 7.03. The van der Waals surface area contributed by atoms with Crippen molar-refractivity contribution in [3.05, 3.63) is 35.1 Å². The highest BCUT2D eigenvalue weighted by Crippen LogP contribution is 2.16. The molecule has 0 bridgehead atoms. The first-order valence-electron chi connectivity index (χ1n) is 9.71. The Labute approximate surface area is 179 Å². The normalized spacial score (nSPS) is 17.3. The number of nitrogens with one attached hydrogen (secondary N) is 2. The van der Waals surface area contributed by atoms with Crippen molar-refractivity contribution in [3.8, 4) is 0 Å². The summed E-state index contributed by atoms with van der Waals surface area (Å²) in [5.41, 5.74) is 1.57. The summed E-state index contributed by atoms with van der Waals surface area (Å²) in [7, 11) is 0. The van der Waals surface area contributed by atoms with Gasteiger partial charge in [0.1, 0.15) is 5.82 Å². The molecule has 3 N–H and O–H groups in total. The standard InChI is InChI=1S/C20H33FN4O.HI/c1-4-22-20(23-10-5-11-25-12-8-18(26)9-13-25)24-16(3)17-7-6-15(2)19(21)14-17;/h6-7,14,16,18,26H,4-5,8-13H2,1-3H3,(H2,22,23,24);1H. The van der Waals surface area contributed by atoms with Gasteiger partial charge in [-0.05, 0) is 63.8 Å². The minimum atomic E-state index is -0.176. The highest BCUT2D eigenvalue weighted by molar-refractivity contribution is 14.0. The minimum Gasteiger partial charge on any atom is -0.393 e. The van der Waals surface area contributed by atoms with Crippen LogP contribution in [0.3, 0.4) is 0 Å². The van der Waals surface area contributed by atoms with Crippen LogP contribution in [0.15, 0.2) is 23.2 Å². The third-order valence-electron chi connectivity index (χ3n) is 4.85. The molecule has 1 aromatic carbocycles. The molecular formula is C20H34FIN4O. The van der Waals surface area contributed by atoms with Crippen molar-refractivity contribution >= 4 is 29.9 Å². The van der Waals surface area contributed by atoms with Crippen molar-refractivity contribution in [1.29, 1.82) is 0 Å². The number of hydrogen-bond donors (Lipinski definition) is 3. The van der Waals surface area contributed by atoms with E-state index in [0.717, 1.165) is 63.5 Å². The molecule has 1 atom stereocenters. The Morgan fingerprint density at radius 2 is 2.07 bits per heavy atom. The lowest BCUT2D eigenvalue weighted by Crippen LogP contribution is -2.39. The predicted molar refractivity (Wildman–Crippen MR) is 120 cm³/mol. The third kappa shape index (κ3) is 8.31. The number of aliphatic imine (C=N–C) groups is 1. The second-order valence-corrected chi connectivity index (χ2v) is 7.06. The van der Waals surface area contributed by atoms with Crippen molar-refractivity contribution in [3.63, 3.8) is 0 Å². The number of rotatable bonds is 7. The molecule has 0 aliphatic carbocycles. The van der Waals surface area contributed by atoms with Gasteiger partial charge in [-0.25, -0.2) is 4.39 Å². The topological polar surface area (TPSA) is 59.9 Å². The van der Waals surface area contributed by atoms with Crippen molar-refractivity contribution < 1.29 is 9.50 Å². The molecule has 154 valence electrons. The number of aliphatic hydroxyl groups excluding tert-OH is 1. The lowest BCUT2D eigenvalue weighted by molar-refractivity contribution is 0.0824. The first kappa shape index (κ1) is 24.1. The molecule has 1 aliphatic heterocycles. The lowest BCUT2D eigenvalue weighted by atomic mass is 10.1. The monoisotopic (exact) mass is 492 g/mol. The molecule has 0 spiro atoms. The second-order valence-electron chi connectivity index (χ2n) is 7.06. The van der Waals surface area contributed by atoms with Crippen molar-refractivity contribution in [1.82, 2.24) is 15.5 Å². The summed E-state index contributed by atoms with van der Waals surface area (Å²) in [5.74, 6) is 0.583. The van der Waals surface area contributed by atoms with E-state index in [4.69, 9.17) is 0 Å². The highest BCUT2D eigenvalue weighted by Gasteiger charge is 2.16. The molecule has 7 heteroatoms. The van der Waals surface area contributed by atoms with Gasteiger partial charge in [0, 0.05) is 26.2 Å². The van der Waals surface area contributed by atoms with E-state index in [1.54, 1.807) is 13.0 Å². The fourth-order valence-electron chi connectivity index (χ4n) is 3.11. The van der Waals surface area contributed by atoms with Crippen LogP contribution in [0, 0.1) is 12.7 Å². The molecule has 1 saturated heterocycles. The van der Waals surface area contributed by atoms with Crippen LogP contribution in [0.1, 0.15) is 50.3 Å². The molecule has 27 heavy (non-hydrogen) atoms. The molecule has 0 amide bonds. The van der Waals surface area contributed by atoms with E-state index in [1.165, 1.54) is 0 Å². The SMILES string of the molecule is CCNC(=NCCCN1CCC(O)CC1)NC(C)c1ccc(C)c(F)c1.I. The van der Waals surface area contributed by atoms with E-state index in [2.05, 4.69) is 20.5 Å². The van der Waals surface area contributed by atoms with Gasteiger partial charge in [0.2, 0.25) is 0 Å². The summed E-state index contributed by atoms with van der Waals surface area (Å²) in [5, 5.41) is 16.2. The maximum Gasteiger partial charge on any atom is 0.191 e. The van der Waals surface area contributed by atoms with Gasteiger partial charge in [-0.3, -0.25) is 4.99 Å². The first-order valence-corrected chi connectivity index (χ1v) is 9.71. The number of aryl methyl sites for hydroxylation is 1. The molecule has 1 fully saturated rings. The Bertz CT molecular complexity index is 591. The van der Waals surface area contributed by atoms with E-state index in [1.807, 2.05) is 26.0 Å². The highest BCUT2D eigenvalue weighted by atomic mass is 127. The Kier molecular flexibility index (Phi) is 11.2. The van der Waals surface area contributed by atoms with Gasteiger partial charge in [-0.2, -0.15) is 0 Å². The van der Waals surface area contributed by atoms with E-state index >= 15 is 0 Å². The molecule has 2 rings (SSSR count). The number of hydrogen-bond acceptors (Lipinski definition) is 3. The van der Waals surface area contributed by atoms with E-state index in [0.29, 0.717) is 5.56 Å². The number of piperidine rings is 1. The second kappa shape index (κ2) is 12.5. The fraction of sp³-hybridized carbons (Fsp3) is 0.650. The predicted octanol–water partition coefficient (Wildman–Crippen LogP) is 3.22. The van der Waals surface area contributed by atoms with Crippen molar-refractivity contribution in [2.45, 2.75) is 52.2 Å². The number of nitrogens with zero attached hydrogens (tertiary/aromatic N) is 2. The van der Waals surface area contributed by atoms with Crippen LogP contribution >= 0.6 is 24.0 Å². The number of halogens is 2. The van der Waals surface area contributed by atoms with Crippen LogP contribution in [0.4, 0.5) is 4.39 Å². The number of guanidine groups is 1. The number of aliphatic hydroxyl groups is 1. The Morgan fingerprint density at radius 3 is 2.70 bits per heavy atom. The van der Waals surface area contributed by atoms with Gasteiger partial charge in [-0.15, -0.1) is 24.0 Å². The van der Waals surface area contributed by atoms with Crippen LogP contribution < -0.4 is 10.6 Å². The van der Waals surface area contributed by atoms with Gasteiger partial charge >= 0.3 is 0 Å². The molecule has 0 aromatic heterocycles. The minimum absolute atomic E-state index is 0. The average Bonchev–Trinajstić information content (AvgIpc) is 2.62. The van der Waals surface area contributed by atoms with E-state index in [9.17, 15) is 9.50 Å². The van der Waals surface area contributed by atoms with Gasteiger partial charge in [0.15, 0.2) is 5.96 Å². The number of benzene rings is 1. The van der Waals surface area contributed by atoms with Crippen molar-refractivity contribution in [2.24, 2.45) is 4.99 Å². The Hall–Kier alpha value is -0.930. The van der Waals surface area contributed by atoms with E-state index < -0.39 is 0 Å². The summed E-state index contributed by atoms with van der Waals surface area (Å²) in [6.07, 6.45) is 2.61. The zero-order valence-electron chi connectivity index (χ0n) is 16.7. The van der Waals surface area contributed by atoms with Crippen LogP contribution in [-0.4, -0.2) is 54.8 Å². The zero-order valence-corrected chi connectivity index (χ0v) is 19.0. The molecule has 1 unspecified atom stereocenters. The van der Waals surface area contributed by atoms with Crippen LogP contribution in [0.5, 0.6) is 0 Å². The summed E-state index contributed by atoms with van der Waals surface area (Å²) in [6, 6.07) is 5.32. The Morgan fingerprint density at radius 1 is 1.37 bits per heavy atom. The smallest absolute Gasteiger partial charge is 0.191 e. The number of likely N-dealkylation sites (tertiary alicyclic amines) is 1. The van der Waals surface area contributed by atoms with Crippen molar-refractivity contribution in [2.75, 3.05) is 32.7 Å². The molecule has 1 aromatic rings. The summed E-state index contributed by atoms with van der Waals surface area (Å²) >= 11 is 0. The van der Waals surface area contributed by atoms with E-state index in [-0.39, 0.29) is 41.9 Å². The van der Waals surface area contributed by atoms with Crippen LogP contribution in [0.25, 0.3) is 0 Å². The first-order chi connectivity index (χ1) is 12.5. The van der Waals surface area contributed by atoms with Gasteiger partial charge < -0.3 is 20.6 Å². The molecule has 0 radical (unpaired) electrons. The maximum absolute atomic E-state index is 13.8. The fourth-order valence-corrected chi connectivity index (χ4v) is 3.11. The average molecular weight is 492 g/mol.